The highest BCUT2D eigenvalue weighted by atomic mass is 79.9. The van der Waals surface area contributed by atoms with Gasteiger partial charge in [-0.25, -0.2) is 0 Å². The van der Waals surface area contributed by atoms with Gasteiger partial charge < -0.3 is 9.84 Å². The fourth-order valence-corrected chi connectivity index (χ4v) is 7.00. The Bertz CT molecular complexity index is 1340. The van der Waals surface area contributed by atoms with E-state index in [9.17, 15) is 5.11 Å². The molecule has 50 heavy (non-hydrogen) atoms. The Morgan fingerprint density at radius 3 is 1.32 bits per heavy atom. The average Bonchev–Trinajstić information content (AvgIpc) is 3.10. The number of halogens is 3. The van der Waals surface area contributed by atoms with Crippen LogP contribution in [0.15, 0.2) is 81.7 Å². The highest BCUT2D eigenvalue weighted by Gasteiger charge is 2.00. The molecule has 0 fully saturated rings. The zero-order valence-corrected chi connectivity index (χ0v) is 35.2. The van der Waals surface area contributed by atoms with Crippen LogP contribution < -0.4 is 4.74 Å². The van der Waals surface area contributed by atoms with Crippen molar-refractivity contribution in [3.63, 3.8) is 0 Å². The minimum Gasteiger partial charge on any atom is -0.508 e. The lowest BCUT2D eigenvalue weighted by Crippen LogP contribution is -1.97. The molecule has 2 nitrogen and oxygen atoms in total. The molecule has 0 aliphatic heterocycles. The SMILES string of the molecule is C.CCCCCCCCCCCCBr.CCCCCCCCCCCCOc1ccc2cc(Br)ccc2c1.Oc1ccc2cc(Br)ccc2c1. The van der Waals surface area contributed by atoms with Gasteiger partial charge in [-0.1, -0.05) is 209 Å². The van der Waals surface area contributed by atoms with Crippen LogP contribution in [0.1, 0.15) is 150 Å². The summed E-state index contributed by atoms with van der Waals surface area (Å²) in [6.07, 6.45) is 27.9. The van der Waals surface area contributed by atoms with Crippen molar-refractivity contribution in [2.24, 2.45) is 0 Å². The Morgan fingerprint density at radius 1 is 0.460 bits per heavy atom. The van der Waals surface area contributed by atoms with Crippen LogP contribution in [0.3, 0.4) is 0 Å². The number of rotatable bonds is 22. The lowest BCUT2D eigenvalue weighted by molar-refractivity contribution is 0.304. The molecule has 0 heterocycles. The van der Waals surface area contributed by atoms with Crippen molar-refractivity contribution in [2.75, 3.05) is 11.9 Å². The summed E-state index contributed by atoms with van der Waals surface area (Å²) in [6.45, 7) is 5.39. The van der Waals surface area contributed by atoms with Crippen LogP contribution in [0.2, 0.25) is 0 Å². The summed E-state index contributed by atoms with van der Waals surface area (Å²) in [5, 5.41) is 15.0. The van der Waals surface area contributed by atoms with Gasteiger partial charge in [0.1, 0.15) is 11.5 Å². The first-order valence-electron chi connectivity index (χ1n) is 19.2. The van der Waals surface area contributed by atoms with Gasteiger partial charge in [0.15, 0.2) is 0 Å². The van der Waals surface area contributed by atoms with E-state index < -0.39 is 0 Å². The maximum absolute atomic E-state index is 9.19. The van der Waals surface area contributed by atoms with Crippen LogP contribution in [-0.2, 0) is 0 Å². The predicted octanol–water partition coefficient (Wildman–Crippen LogP) is 17.1. The fourth-order valence-electron chi connectivity index (χ4n) is 5.85. The van der Waals surface area contributed by atoms with Crippen molar-refractivity contribution < 1.29 is 9.84 Å². The number of unbranched alkanes of at least 4 members (excludes halogenated alkanes) is 18. The first kappa shape index (κ1) is 46.5. The zero-order chi connectivity index (χ0) is 35.4. The molecule has 4 aromatic carbocycles. The van der Waals surface area contributed by atoms with Gasteiger partial charge in [-0.3, -0.25) is 0 Å². The summed E-state index contributed by atoms with van der Waals surface area (Å²) in [4.78, 5) is 0. The van der Waals surface area contributed by atoms with E-state index in [0.29, 0.717) is 5.75 Å². The van der Waals surface area contributed by atoms with E-state index in [4.69, 9.17) is 4.74 Å². The Balaban J connectivity index is 0.000000407. The van der Waals surface area contributed by atoms with Crippen LogP contribution in [0.25, 0.3) is 21.5 Å². The quantitative estimate of drug-likeness (QED) is 0.0630. The van der Waals surface area contributed by atoms with Crippen LogP contribution in [0.5, 0.6) is 11.5 Å². The molecule has 4 rings (SSSR count). The first-order valence-corrected chi connectivity index (χ1v) is 21.9. The summed E-state index contributed by atoms with van der Waals surface area (Å²) >= 11 is 10.4. The fraction of sp³-hybridized carbons (Fsp3) is 0.556. The monoisotopic (exact) mass is 876 g/mol. The maximum Gasteiger partial charge on any atom is 0.119 e. The first-order chi connectivity index (χ1) is 24.0. The van der Waals surface area contributed by atoms with E-state index in [0.717, 1.165) is 38.5 Å². The number of alkyl halides is 1. The molecule has 4 aromatic rings. The summed E-state index contributed by atoms with van der Waals surface area (Å²) in [5.74, 6) is 1.30. The normalized spacial score (nSPS) is 10.6. The molecule has 0 aliphatic carbocycles. The summed E-state index contributed by atoms with van der Waals surface area (Å²) in [5.41, 5.74) is 0. The van der Waals surface area contributed by atoms with Crippen molar-refractivity contribution in [1.82, 2.24) is 0 Å². The standard InChI is InChI=1S/C22H31BrO.C12H25Br.C10H7BrO.CH4/c1-2-3-4-5-6-7-8-9-10-11-16-24-22-15-13-19-17-21(23)14-12-20(19)18-22;1-2-3-4-5-6-7-8-9-10-11-12-13;11-9-3-1-8-6-10(12)4-2-7(8)5-9;/h12-15,17-18H,2-11,16H2,1H3;2-12H2,1H3;1-6,12H;1H4. The number of phenolic OH excluding ortho intramolecular Hbond substituents is 1. The van der Waals surface area contributed by atoms with Gasteiger partial charge in [0.25, 0.3) is 0 Å². The zero-order valence-electron chi connectivity index (χ0n) is 30.5. The minimum atomic E-state index is 0. The van der Waals surface area contributed by atoms with Crippen molar-refractivity contribution in [2.45, 2.75) is 150 Å². The molecule has 0 spiro atoms. The Kier molecular flexibility index (Phi) is 28.8. The van der Waals surface area contributed by atoms with Crippen LogP contribution in [-0.4, -0.2) is 17.0 Å². The van der Waals surface area contributed by atoms with Gasteiger partial charge >= 0.3 is 0 Å². The number of hydrogen-bond donors (Lipinski definition) is 1. The second-order valence-electron chi connectivity index (χ2n) is 13.2. The lowest BCUT2D eigenvalue weighted by atomic mass is 10.1. The Hall–Kier alpha value is -1.56. The molecule has 0 radical (unpaired) electrons. The van der Waals surface area contributed by atoms with E-state index in [2.05, 4.69) is 98.0 Å². The molecule has 0 unspecified atom stereocenters. The maximum atomic E-state index is 9.19. The third-order valence-electron chi connectivity index (χ3n) is 8.81. The number of fused-ring (bicyclic) bond motifs is 2. The van der Waals surface area contributed by atoms with Gasteiger partial charge in [-0.05, 0) is 82.9 Å². The number of benzene rings is 4. The summed E-state index contributed by atoms with van der Waals surface area (Å²) in [6, 6.07) is 24.0. The highest BCUT2D eigenvalue weighted by molar-refractivity contribution is 9.10. The molecule has 0 saturated carbocycles. The molecule has 0 amide bonds. The van der Waals surface area contributed by atoms with Crippen LogP contribution in [0, 0.1) is 0 Å². The molecular weight excluding hydrogens is 812 g/mol. The molecule has 0 saturated heterocycles. The number of aromatic hydroxyl groups is 1. The highest BCUT2D eigenvalue weighted by Crippen LogP contribution is 2.25. The van der Waals surface area contributed by atoms with Gasteiger partial charge in [0.2, 0.25) is 0 Å². The molecule has 0 aromatic heterocycles. The third kappa shape index (κ3) is 22.4. The predicted molar refractivity (Wildman–Crippen MR) is 235 cm³/mol. The summed E-state index contributed by atoms with van der Waals surface area (Å²) in [7, 11) is 0. The van der Waals surface area contributed by atoms with Crippen LogP contribution in [0.4, 0.5) is 0 Å². The van der Waals surface area contributed by atoms with E-state index in [-0.39, 0.29) is 7.43 Å². The van der Waals surface area contributed by atoms with Gasteiger partial charge in [-0.15, -0.1) is 0 Å². The van der Waals surface area contributed by atoms with Crippen molar-refractivity contribution in [1.29, 1.82) is 0 Å². The minimum absolute atomic E-state index is 0. The van der Waals surface area contributed by atoms with Crippen molar-refractivity contribution in [3.8, 4) is 11.5 Å². The van der Waals surface area contributed by atoms with E-state index in [1.54, 1.807) is 12.1 Å². The second-order valence-corrected chi connectivity index (χ2v) is 15.9. The van der Waals surface area contributed by atoms with Crippen LogP contribution >= 0.6 is 47.8 Å². The van der Waals surface area contributed by atoms with E-state index >= 15 is 0 Å². The smallest absolute Gasteiger partial charge is 0.119 e. The van der Waals surface area contributed by atoms with E-state index in [1.807, 2.05) is 24.3 Å². The number of hydrogen-bond acceptors (Lipinski definition) is 2. The Labute approximate surface area is 332 Å². The summed E-state index contributed by atoms with van der Waals surface area (Å²) < 4.78 is 8.08. The molecule has 0 bridgehead atoms. The topological polar surface area (TPSA) is 29.5 Å². The van der Waals surface area contributed by atoms with Crippen molar-refractivity contribution in [3.05, 3.63) is 81.7 Å². The number of phenols is 1. The van der Waals surface area contributed by atoms with Gasteiger partial charge in [0, 0.05) is 14.3 Å². The molecule has 5 heteroatoms. The van der Waals surface area contributed by atoms with E-state index in [1.165, 1.54) is 138 Å². The average molecular weight is 880 g/mol. The van der Waals surface area contributed by atoms with Gasteiger partial charge in [0.05, 0.1) is 6.61 Å². The second kappa shape index (κ2) is 31.0. The lowest BCUT2D eigenvalue weighted by Gasteiger charge is -2.08. The largest absolute Gasteiger partial charge is 0.508 e. The molecular formula is C45H67Br3O2. The molecule has 280 valence electrons. The third-order valence-corrected chi connectivity index (χ3v) is 10.4. The molecule has 0 atom stereocenters. The van der Waals surface area contributed by atoms with Crippen molar-refractivity contribution >= 4 is 69.3 Å². The molecule has 1 N–H and O–H groups in total. The number of ether oxygens (including phenoxy) is 1. The van der Waals surface area contributed by atoms with Gasteiger partial charge in [-0.2, -0.15) is 0 Å². The molecule has 0 aliphatic rings. The Morgan fingerprint density at radius 2 is 0.840 bits per heavy atom.